The van der Waals surface area contributed by atoms with Gasteiger partial charge in [-0.2, -0.15) is 4.98 Å². The third-order valence-corrected chi connectivity index (χ3v) is 4.26. The van der Waals surface area contributed by atoms with E-state index in [0.29, 0.717) is 5.78 Å². The molecular weight excluding hydrogens is 356 g/mol. The average molecular weight is 372 g/mol. The Morgan fingerprint density at radius 2 is 2.07 bits per heavy atom. The van der Waals surface area contributed by atoms with E-state index < -0.39 is 6.09 Å². The van der Waals surface area contributed by atoms with Crippen LogP contribution < -0.4 is 10.2 Å². The monoisotopic (exact) mass is 372 g/mol. The fourth-order valence-electron chi connectivity index (χ4n) is 2.92. The highest BCUT2D eigenvalue weighted by atomic mass is 16.4. The molecule has 0 aliphatic carbocycles. The Morgan fingerprint density at radius 3 is 2.86 bits per heavy atom. The summed E-state index contributed by atoms with van der Waals surface area (Å²) in [6.07, 6.45) is 0.513. The minimum atomic E-state index is -1.10. The number of hydrogen-bond acceptors (Lipinski definition) is 5. The van der Waals surface area contributed by atoms with E-state index in [2.05, 4.69) is 32.3 Å². The highest BCUT2D eigenvalue weighted by molar-refractivity contribution is 5.94. The van der Waals surface area contributed by atoms with Crippen LogP contribution in [0.4, 0.5) is 16.3 Å². The van der Waals surface area contributed by atoms with Gasteiger partial charge >= 0.3 is 6.09 Å². The molecule has 28 heavy (non-hydrogen) atoms. The molecule has 2 N–H and O–H groups in total. The molecule has 0 unspecified atom stereocenters. The van der Waals surface area contributed by atoms with Gasteiger partial charge < -0.3 is 15.3 Å². The lowest BCUT2D eigenvalue weighted by atomic mass is 10.1. The van der Waals surface area contributed by atoms with Crippen molar-refractivity contribution in [2.45, 2.75) is 0 Å². The largest absolute Gasteiger partial charge is 0.465 e. The molecule has 0 saturated heterocycles. The lowest BCUT2D eigenvalue weighted by molar-refractivity contribution is 0.196. The number of rotatable bonds is 3. The summed E-state index contributed by atoms with van der Waals surface area (Å²) in [5.74, 6) is 7.01. The maximum Gasteiger partial charge on any atom is 0.405 e. The van der Waals surface area contributed by atoms with Crippen molar-refractivity contribution in [3.63, 3.8) is 0 Å². The van der Waals surface area contributed by atoms with Gasteiger partial charge in [0.25, 0.3) is 5.78 Å². The molecule has 0 atom stereocenters. The van der Waals surface area contributed by atoms with Crippen molar-refractivity contribution in [3.8, 4) is 11.8 Å². The molecule has 0 aliphatic rings. The Balaban J connectivity index is 1.82. The zero-order chi connectivity index (χ0) is 19.5. The molecule has 8 nitrogen and oxygen atoms in total. The molecule has 1 amide bonds. The molecule has 8 heteroatoms. The van der Waals surface area contributed by atoms with Crippen molar-refractivity contribution < 1.29 is 9.90 Å². The first-order valence-electron chi connectivity index (χ1n) is 8.51. The van der Waals surface area contributed by atoms with Crippen LogP contribution in [0, 0.1) is 11.8 Å². The van der Waals surface area contributed by atoms with Gasteiger partial charge in [0.15, 0.2) is 0 Å². The van der Waals surface area contributed by atoms with Crippen molar-refractivity contribution in [2.24, 2.45) is 0 Å². The molecule has 0 fully saturated rings. The predicted octanol–water partition coefficient (Wildman–Crippen LogP) is 2.66. The molecule has 2 heterocycles. The van der Waals surface area contributed by atoms with E-state index in [1.165, 1.54) is 0 Å². The molecular formula is C20H16N6O2. The quantitative estimate of drug-likeness (QED) is 0.537. The van der Waals surface area contributed by atoms with Crippen LogP contribution in [0.1, 0.15) is 5.56 Å². The summed E-state index contributed by atoms with van der Waals surface area (Å²) in [7, 11) is 1.95. The van der Waals surface area contributed by atoms with Crippen molar-refractivity contribution in [1.82, 2.24) is 24.9 Å². The zero-order valence-electron chi connectivity index (χ0n) is 15.0. The minimum absolute atomic E-state index is 0.0632. The third kappa shape index (κ3) is 3.29. The van der Waals surface area contributed by atoms with Gasteiger partial charge in [0.1, 0.15) is 12.1 Å². The summed E-state index contributed by atoms with van der Waals surface area (Å²) in [6, 6.07) is 15.7. The first-order chi connectivity index (χ1) is 13.6. The van der Waals surface area contributed by atoms with Gasteiger partial charge in [0, 0.05) is 23.7 Å². The number of fused-ring (bicyclic) bond motifs is 3. The van der Waals surface area contributed by atoms with E-state index in [4.69, 9.17) is 5.11 Å². The highest BCUT2D eigenvalue weighted by Crippen LogP contribution is 2.30. The summed E-state index contributed by atoms with van der Waals surface area (Å²) in [5.41, 5.74) is 2.63. The van der Waals surface area contributed by atoms with E-state index in [1.54, 1.807) is 10.7 Å². The van der Waals surface area contributed by atoms with E-state index >= 15 is 0 Å². The van der Waals surface area contributed by atoms with Gasteiger partial charge in [-0.25, -0.2) is 4.79 Å². The number of benzene rings is 2. The number of nitrogens with one attached hydrogen (secondary N) is 1. The van der Waals surface area contributed by atoms with E-state index in [1.807, 2.05) is 60.5 Å². The Kier molecular flexibility index (Phi) is 4.48. The van der Waals surface area contributed by atoms with Crippen LogP contribution in [0.25, 0.3) is 16.7 Å². The Labute approximate surface area is 160 Å². The van der Waals surface area contributed by atoms with Crippen molar-refractivity contribution >= 4 is 34.3 Å². The first-order valence-corrected chi connectivity index (χ1v) is 8.51. The molecule has 138 valence electrons. The standard InChI is InChI=1S/C20H16N6O2/c1-25(15-7-3-2-4-8-15)18-16-10-9-14(6-5-11-21-20(27)28)12-17(16)26-13-22-24-19(26)23-18/h2-4,7-10,12-13,21H,11H2,1H3,(H,27,28). The molecule has 0 saturated carbocycles. The van der Waals surface area contributed by atoms with Crippen LogP contribution in [0.15, 0.2) is 54.9 Å². The average Bonchev–Trinajstić information content (AvgIpc) is 3.19. The van der Waals surface area contributed by atoms with Crippen LogP contribution in [0.2, 0.25) is 0 Å². The lowest BCUT2D eigenvalue weighted by Crippen LogP contribution is -2.20. The Bertz CT molecular complexity index is 1220. The Hall–Kier alpha value is -4.12. The number of para-hydroxylation sites is 1. The number of amides is 1. The number of carboxylic acid groups (broad SMARTS) is 1. The molecule has 4 aromatic rings. The van der Waals surface area contributed by atoms with Crippen molar-refractivity contribution in [3.05, 3.63) is 60.4 Å². The summed E-state index contributed by atoms with van der Waals surface area (Å²) in [6.45, 7) is 0.0632. The van der Waals surface area contributed by atoms with Crippen molar-refractivity contribution in [1.29, 1.82) is 0 Å². The van der Waals surface area contributed by atoms with Crippen molar-refractivity contribution in [2.75, 3.05) is 18.5 Å². The zero-order valence-corrected chi connectivity index (χ0v) is 15.0. The molecule has 0 spiro atoms. The van der Waals surface area contributed by atoms with Gasteiger partial charge in [-0.3, -0.25) is 4.40 Å². The van der Waals surface area contributed by atoms with Gasteiger partial charge in [-0.15, -0.1) is 10.2 Å². The normalized spacial score (nSPS) is 10.5. The molecule has 2 aromatic heterocycles. The van der Waals surface area contributed by atoms with E-state index in [0.717, 1.165) is 28.0 Å². The second-order valence-electron chi connectivity index (χ2n) is 6.02. The maximum absolute atomic E-state index is 10.5. The first kappa shape index (κ1) is 17.3. The molecule has 4 rings (SSSR count). The van der Waals surface area contributed by atoms with Gasteiger partial charge in [-0.1, -0.05) is 30.0 Å². The molecule has 2 aromatic carbocycles. The number of hydrogen-bond donors (Lipinski definition) is 2. The second kappa shape index (κ2) is 7.25. The number of aromatic nitrogens is 4. The fourth-order valence-corrected chi connectivity index (χ4v) is 2.92. The second-order valence-corrected chi connectivity index (χ2v) is 6.02. The van der Waals surface area contributed by atoms with E-state index in [9.17, 15) is 4.79 Å². The molecule has 0 aliphatic heterocycles. The summed E-state index contributed by atoms with van der Waals surface area (Å²) in [5, 5.41) is 19.8. The Morgan fingerprint density at radius 1 is 1.25 bits per heavy atom. The summed E-state index contributed by atoms with van der Waals surface area (Å²) >= 11 is 0. The predicted molar refractivity (Wildman–Crippen MR) is 106 cm³/mol. The SMILES string of the molecule is CN(c1ccccc1)c1nc2nncn2c2cc(C#CCNC(=O)O)ccc12. The van der Waals surface area contributed by atoms with Crippen LogP contribution in [-0.4, -0.2) is 44.4 Å². The summed E-state index contributed by atoms with van der Waals surface area (Å²) in [4.78, 5) is 17.2. The number of carbonyl (C=O) groups is 1. The van der Waals surface area contributed by atoms with Gasteiger partial charge in [-0.05, 0) is 30.3 Å². The fraction of sp³-hybridized carbons (Fsp3) is 0.100. The van der Waals surface area contributed by atoms with Crippen LogP contribution in [0.3, 0.4) is 0 Å². The lowest BCUT2D eigenvalue weighted by Gasteiger charge is -2.20. The third-order valence-electron chi connectivity index (χ3n) is 4.26. The highest BCUT2D eigenvalue weighted by Gasteiger charge is 2.14. The summed E-state index contributed by atoms with van der Waals surface area (Å²) < 4.78 is 1.80. The van der Waals surface area contributed by atoms with Crippen LogP contribution in [-0.2, 0) is 0 Å². The molecule has 0 radical (unpaired) electrons. The van der Waals surface area contributed by atoms with Gasteiger partial charge in [0.05, 0.1) is 12.1 Å². The number of anilines is 2. The maximum atomic E-state index is 10.5. The van der Waals surface area contributed by atoms with Gasteiger partial charge in [0.2, 0.25) is 0 Å². The van der Waals surface area contributed by atoms with Crippen LogP contribution >= 0.6 is 0 Å². The topological polar surface area (TPSA) is 95.7 Å². The smallest absolute Gasteiger partial charge is 0.405 e. The number of nitrogens with zero attached hydrogens (tertiary/aromatic N) is 5. The van der Waals surface area contributed by atoms with Crippen LogP contribution in [0.5, 0.6) is 0 Å². The minimum Gasteiger partial charge on any atom is -0.465 e. The molecule has 0 bridgehead atoms. The van der Waals surface area contributed by atoms with E-state index in [-0.39, 0.29) is 6.54 Å².